The molecule has 1 atom stereocenters. The second-order valence-electron chi connectivity index (χ2n) is 3.46. The number of hydrogen-bond acceptors (Lipinski definition) is 1. The van der Waals surface area contributed by atoms with Crippen LogP contribution in [0.25, 0.3) is 0 Å². The highest BCUT2D eigenvalue weighted by atomic mass is 32.2. The summed E-state index contributed by atoms with van der Waals surface area (Å²) in [6, 6.07) is 4.66. The molecule has 0 amide bonds. The lowest BCUT2D eigenvalue weighted by Gasteiger charge is -2.10. The Morgan fingerprint density at radius 1 is 1.20 bits per heavy atom. The van der Waals surface area contributed by atoms with Gasteiger partial charge in [0.15, 0.2) is 10.8 Å². The maximum Gasteiger partial charge on any atom is 0.475 e. The molecule has 0 aromatic heterocycles. The van der Waals surface area contributed by atoms with E-state index in [0.29, 0.717) is 12.0 Å². The van der Waals surface area contributed by atoms with Crippen LogP contribution in [-0.2, 0) is 23.6 Å². The van der Waals surface area contributed by atoms with Crippen LogP contribution in [0.3, 0.4) is 0 Å². The van der Waals surface area contributed by atoms with Gasteiger partial charge in [0, 0.05) is 0 Å². The Bertz CT molecular complexity index is 412. The Labute approximate surface area is 87.8 Å². The van der Waals surface area contributed by atoms with Crippen molar-refractivity contribution >= 4 is 10.8 Å². The molecular weight excluding hydrogens is 225 g/mol. The molecule has 0 bridgehead atoms. The SMILES string of the molecule is O=S(c1cccc2c1CCC2)C(F)(F)F. The fourth-order valence-electron chi connectivity index (χ4n) is 1.88. The van der Waals surface area contributed by atoms with Gasteiger partial charge in [0.1, 0.15) is 0 Å². The predicted octanol–water partition coefficient (Wildman–Crippen LogP) is 2.80. The van der Waals surface area contributed by atoms with Crippen molar-refractivity contribution < 1.29 is 17.4 Å². The largest absolute Gasteiger partial charge is 0.475 e. The van der Waals surface area contributed by atoms with Crippen LogP contribution in [0.5, 0.6) is 0 Å². The fraction of sp³-hybridized carbons (Fsp3) is 0.400. The van der Waals surface area contributed by atoms with E-state index in [1.165, 1.54) is 6.07 Å². The van der Waals surface area contributed by atoms with Crippen molar-refractivity contribution in [3.8, 4) is 0 Å². The van der Waals surface area contributed by atoms with Crippen molar-refractivity contribution in [3.05, 3.63) is 29.3 Å². The maximum absolute atomic E-state index is 12.3. The van der Waals surface area contributed by atoms with Crippen molar-refractivity contribution in [1.82, 2.24) is 0 Å². The quantitative estimate of drug-likeness (QED) is 0.730. The zero-order valence-electron chi connectivity index (χ0n) is 7.80. The van der Waals surface area contributed by atoms with E-state index in [2.05, 4.69) is 0 Å². The second-order valence-corrected chi connectivity index (χ2v) is 4.90. The summed E-state index contributed by atoms with van der Waals surface area (Å²) in [6.45, 7) is 0. The summed E-state index contributed by atoms with van der Waals surface area (Å²) >= 11 is 0. The van der Waals surface area contributed by atoms with Crippen LogP contribution < -0.4 is 0 Å². The molecule has 0 aliphatic heterocycles. The zero-order valence-corrected chi connectivity index (χ0v) is 8.62. The van der Waals surface area contributed by atoms with Crippen molar-refractivity contribution in [1.29, 1.82) is 0 Å². The number of fused-ring (bicyclic) bond motifs is 1. The molecule has 1 aliphatic carbocycles. The molecule has 5 heteroatoms. The number of halogens is 3. The minimum absolute atomic E-state index is 0.0579. The van der Waals surface area contributed by atoms with Crippen molar-refractivity contribution in [3.63, 3.8) is 0 Å². The van der Waals surface area contributed by atoms with E-state index in [1.54, 1.807) is 12.1 Å². The van der Waals surface area contributed by atoms with Crippen LogP contribution >= 0.6 is 0 Å². The minimum atomic E-state index is -4.66. The van der Waals surface area contributed by atoms with Crippen molar-refractivity contribution in [2.75, 3.05) is 0 Å². The first-order valence-electron chi connectivity index (χ1n) is 4.59. The first kappa shape index (κ1) is 10.7. The van der Waals surface area contributed by atoms with E-state index in [9.17, 15) is 17.4 Å². The Balaban J connectivity index is 2.46. The van der Waals surface area contributed by atoms with Gasteiger partial charge in [0.2, 0.25) is 0 Å². The van der Waals surface area contributed by atoms with E-state index in [-0.39, 0.29) is 4.90 Å². The molecule has 0 N–H and O–H groups in total. The lowest BCUT2D eigenvalue weighted by atomic mass is 10.1. The van der Waals surface area contributed by atoms with Crippen LogP contribution in [0.1, 0.15) is 17.5 Å². The molecule has 1 aliphatic rings. The van der Waals surface area contributed by atoms with Gasteiger partial charge >= 0.3 is 5.51 Å². The predicted molar refractivity (Wildman–Crippen MR) is 50.9 cm³/mol. The first-order chi connectivity index (χ1) is 7.00. The topological polar surface area (TPSA) is 17.1 Å². The van der Waals surface area contributed by atoms with Crippen LogP contribution in [0.4, 0.5) is 13.2 Å². The summed E-state index contributed by atoms with van der Waals surface area (Å²) in [5.41, 5.74) is -3.11. The van der Waals surface area contributed by atoms with E-state index in [0.717, 1.165) is 18.4 Å². The molecular formula is C10H9F3OS. The van der Waals surface area contributed by atoms with E-state index in [1.807, 2.05) is 0 Å². The second kappa shape index (κ2) is 3.63. The molecule has 1 unspecified atom stereocenters. The van der Waals surface area contributed by atoms with Crippen LogP contribution in [0.15, 0.2) is 23.1 Å². The smallest absolute Gasteiger partial charge is 0.245 e. The molecule has 0 heterocycles. The molecule has 0 spiro atoms. The minimum Gasteiger partial charge on any atom is -0.245 e. The summed E-state index contributed by atoms with van der Waals surface area (Å²) in [6.07, 6.45) is 2.24. The summed E-state index contributed by atoms with van der Waals surface area (Å²) in [5, 5.41) is 0. The van der Waals surface area contributed by atoms with Gasteiger partial charge in [-0.25, -0.2) is 4.21 Å². The Morgan fingerprint density at radius 3 is 2.60 bits per heavy atom. The molecule has 1 aromatic carbocycles. The van der Waals surface area contributed by atoms with Gasteiger partial charge < -0.3 is 0 Å². The average molecular weight is 234 g/mol. The highest BCUT2D eigenvalue weighted by Crippen LogP contribution is 2.33. The summed E-state index contributed by atoms with van der Waals surface area (Å²) in [5.74, 6) is 0. The molecule has 1 nitrogen and oxygen atoms in total. The number of benzene rings is 1. The zero-order chi connectivity index (χ0) is 11.1. The number of hydrogen-bond donors (Lipinski definition) is 0. The third kappa shape index (κ3) is 1.93. The number of alkyl halides is 3. The van der Waals surface area contributed by atoms with Gasteiger partial charge in [0.25, 0.3) is 0 Å². The van der Waals surface area contributed by atoms with E-state index < -0.39 is 16.3 Å². The molecule has 82 valence electrons. The summed E-state index contributed by atoms with van der Waals surface area (Å²) < 4.78 is 48.1. The first-order valence-corrected chi connectivity index (χ1v) is 5.74. The van der Waals surface area contributed by atoms with Crippen molar-refractivity contribution in [2.45, 2.75) is 29.7 Å². The fourth-order valence-corrected chi connectivity index (χ4v) is 2.79. The number of aryl methyl sites for hydroxylation is 1. The lowest BCUT2D eigenvalue weighted by molar-refractivity contribution is -0.0385. The molecule has 15 heavy (non-hydrogen) atoms. The Morgan fingerprint density at radius 2 is 1.93 bits per heavy atom. The van der Waals surface area contributed by atoms with Crippen LogP contribution in [0, 0.1) is 0 Å². The van der Waals surface area contributed by atoms with Crippen LogP contribution in [0.2, 0.25) is 0 Å². The lowest BCUT2D eigenvalue weighted by Crippen LogP contribution is -2.17. The summed E-state index contributed by atoms with van der Waals surface area (Å²) in [7, 11) is -2.88. The molecule has 0 saturated carbocycles. The third-order valence-electron chi connectivity index (χ3n) is 2.51. The number of rotatable bonds is 1. The monoisotopic (exact) mass is 234 g/mol. The normalized spacial score (nSPS) is 17.5. The highest BCUT2D eigenvalue weighted by Gasteiger charge is 2.39. The maximum atomic E-state index is 12.3. The van der Waals surface area contributed by atoms with Gasteiger partial charge in [0.05, 0.1) is 4.90 Å². The Kier molecular flexibility index (Phi) is 2.58. The van der Waals surface area contributed by atoms with E-state index in [4.69, 9.17) is 0 Å². The summed E-state index contributed by atoms with van der Waals surface area (Å²) in [4.78, 5) is -0.0579. The van der Waals surface area contributed by atoms with E-state index >= 15 is 0 Å². The standard InChI is InChI=1S/C10H9F3OS/c11-10(12,13)15(14)9-6-2-4-7-3-1-5-8(7)9/h2,4,6H,1,3,5H2. The molecule has 0 radical (unpaired) electrons. The van der Waals surface area contributed by atoms with Gasteiger partial charge in [-0.1, -0.05) is 12.1 Å². The third-order valence-corrected chi connectivity index (χ3v) is 3.72. The van der Waals surface area contributed by atoms with Gasteiger partial charge in [-0.15, -0.1) is 0 Å². The molecule has 0 saturated heterocycles. The molecule has 0 fully saturated rings. The average Bonchev–Trinajstić information content (AvgIpc) is 2.62. The van der Waals surface area contributed by atoms with Crippen LogP contribution in [-0.4, -0.2) is 9.72 Å². The molecule has 2 rings (SSSR count). The highest BCUT2D eigenvalue weighted by molar-refractivity contribution is 7.86. The van der Waals surface area contributed by atoms with Gasteiger partial charge in [-0.3, -0.25) is 0 Å². The van der Waals surface area contributed by atoms with Gasteiger partial charge in [-0.2, -0.15) is 13.2 Å². The Hall–Kier alpha value is -0.840. The van der Waals surface area contributed by atoms with Gasteiger partial charge in [-0.05, 0) is 36.5 Å². The van der Waals surface area contributed by atoms with Crippen molar-refractivity contribution in [2.24, 2.45) is 0 Å². The molecule has 1 aromatic rings.